The predicted octanol–water partition coefficient (Wildman–Crippen LogP) is 3.18. The number of rotatable bonds is 7. The van der Waals surface area contributed by atoms with Gasteiger partial charge in [-0.3, -0.25) is 4.90 Å². The zero-order chi connectivity index (χ0) is 14.3. The van der Waals surface area contributed by atoms with E-state index < -0.39 is 12.7 Å². The van der Waals surface area contributed by atoms with Crippen molar-refractivity contribution >= 4 is 0 Å². The van der Waals surface area contributed by atoms with E-state index in [0.717, 1.165) is 24.2 Å². The van der Waals surface area contributed by atoms with Gasteiger partial charge in [0.05, 0.1) is 6.54 Å². The minimum atomic E-state index is -4.14. The van der Waals surface area contributed by atoms with Crippen molar-refractivity contribution in [1.82, 2.24) is 10.2 Å². The van der Waals surface area contributed by atoms with Gasteiger partial charge in [0.15, 0.2) is 0 Å². The lowest BCUT2D eigenvalue weighted by atomic mass is 10.1. The lowest BCUT2D eigenvalue weighted by Crippen LogP contribution is -2.33. The Bertz CT molecular complexity index is 377. The highest BCUT2D eigenvalue weighted by molar-refractivity contribution is 5.23. The second kappa shape index (κ2) is 7.50. The molecule has 1 rings (SSSR count). The Labute approximate surface area is 112 Å². The summed E-state index contributed by atoms with van der Waals surface area (Å²) in [5.41, 5.74) is 2.02. The van der Waals surface area contributed by atoms with E-state index in [1.54, 1.807) is 6.92 Å². The Morgan fingerprint density at radius 3 is 2.42 bits per heavy atom. The molecule has 0 aliphatic carbocycles. The molecule has 0 aliphatic heterocycles. The zero-order valence-corrected chi connectivity index (χ0v) is 11.4. The third-order valence-corrected chi connectivity index (χ3v) is 2.83. The van der Waals surface area contributed by atoms with Gasteiger partial charge in [-0.25, -0.2) is 0 Å². The van der Waals surface area contributed by atoms with Gasteiger partial charge in [-0.15, -0.1) is 0 Å². The zero-order valence-electron chi connectivity index (χ0n) is 11.4. The lowest BCUT2D eigenvalue weighted by Gasteiger charge is -2.22. The summed E-state index contributed by atoms with van der Waals surface area (Å²) < 4.78 is 37.2. The van der Waals surface area contributed by atoms with Gasteiger partial charge in [-0.1, -0.05) is 38.1 Å². The van der Waals surface area contributed by atoms with Crippen molar-refractivity contribution in [2.75, 3.05) is 19.6 Å². The van der Waals surface area contributed by atoms with Crippen LogP contribution in [-0.4, -0.2) is 30.7 Å². The largest absolute Gasteiger partial charge is 0.401 e. The lowest BCUT2D eigenvalue weighted by molar-refractivity contribution is -0.146. The van der Waals surface area contributed by atoms with Crippen molar-refractivity contribution < 1.29 is 13.2 Å². The number of nitrogens with one attached hydrogen (secondary N) is 1. The molecule has 0 aliphatic rings. The monoisotopic (exact) mass is 274 g/mol. The maximum absolute atomic E-state index is 12.4. The summed E-state index contributed by atoms with van der Waals surface area (Å²) in [5, 5.41) is 3.20. The Hall–Kier alpha value is -1.07. The Morgan fingerprint density at radius 1 is 1.16 bits per heavy atom. The molecule has 1 aromatic carbocycles. The average Bonchev–Trinajstić information content (AvgIpc) is 2.34. The van der Waals surface area contributed by atoms with Gasteiger partial charge < -0.3 is 5.32 Å². The second-order valence-corrected chi connectivity index (χ2v) is 4.52. The van der Waals surface area contributed by atoms with E-state index >= 15 is 0 Å². The first-order valence-electron chi connectivity index (χ1n) is 6.52. The van der Waals surface area contributed by atoms with Gasteiger partial charge in [-0.2, -0.15) is 13.2 Å². The van der Waals surface area contributed by atoms with Crippen LogP contribution < -0.4 is 5.32 Å². The van der Waals surface area contributed by atoms with Crippen LogP contribution in [0.5, 0.6) is 0 Å². The fourth-order valence-electron chi connectivity index (χ4n) is 1.90. The van der Waals surface area contributed by atoms with Crippen molar-refractivity contribution in [2.24, 2.45) is 0 Å². The molecular weight excluding hydrogens is 253 g/mol. The van der Waals surface area contributed by atoms with Crippen LogP contribution in [0.4, 0.5) is 13.2 Å². The van der Waals surface area contributed by atoms with Gasteiger partial charge in [0.2, 0.25) is 0 Å². The van der Waals surface area contributed by atoms with E-state index in [0.29, 0.717) is 13.1 Å². The van der Waals surface area contributed by atoms with Crippen molar-refractivity contribution in [3.05, 3.63) is 35.4 Å². The number of hydrogen-bond donors (Lipinski definition) is 1. The molecular formula is C14H21F3N2. The first-order valence-corrected chi connectivity index (χ1v) is 6.52. The molecule has 0 amide bonds. The summed E-state index contributed by atoms with van der Waals surface area (Å²) in [4.78, 5) is 1.40. The summed E-state index contributed by atoms with van der Waals surface area (Å²) in [6, 6.07) is 7.70. The first kappa shape index (κ1) is 16.0. The van der Waals surface area contributed by atoms with Crippen molar-refractivity contribution in [3.63, 3.8) is 0 Å². The van der Waals surface area contributed by atoms with Crippen LogP contribution in [0.15, 0.2) is 24.3 Å². The van der Waals surface area contributed by atoms with Crippen molar-refractivity contribution in [3.8, 4) is 0 Å². The fourth-order valence-corrected chi connectivity index (χ4v) is 1.90. The van der Waals surface area contributed by atoms with E-state index in [2.05, 4.69) is 5.32 Å². The molecule has 0 spiro atoms. The Morgan fingerprint density at radius 2 is 1.84 bits per heavy atom. The molecule has 0 atom stereocenters. The Balaban J connectivity index is 2.63. The van der Waals surface area contributed by atoms with Crippen LogP contribution in [0.2, 0.25) is 0 Å². The van der Waals surface area contributed by atoms with Gasteiger partial charge in [0.1, 0.15) is 0 Å². The first-order chi connectivity index (χ1) is 8.94. The standard InChI is InChI=1S/C14H21F3N2/c1-3-18-9-12-6-5-7-13(8-12)10-19(4-2)11-14(15,16)17/h5-8,18H,3-4,9-11H2,1-2H3. The van der Waals surface area contributed by atoms with E-state index in [-0.39, 0.29) is 0 Å². The van der Waals surface area contributed by atoms with E-state index in [1.807, 2.05) is 31.2 Å². The molecule has 0 saturated heterocycles. The van der Waals surface area contributed by atoms with Crippen LogP contribution in [0.25, 0.3) is 0 Å². The van der Waals surface area contributed by atoms with Crippen molar-refractivity contribution in [2.45, 2.75) is 33.1 Å². The number of hydrogen-bond acceptors (Lipinski definition) is 2. The normalized spacial score (nSPS) is 12.1. The van der Waals surface area contributed by atoms with Gasteiger partial charge in [0.25, 0.3) is 0 Å². The SMILES string of the molecule is CCNCc1cccc(CN(CC)CC(F)(F)F)c1. The molecule has 5 heteroatoms. The number of alkyl halides is 3. The van der Waals surface area contributed by atoms with Crippen LogP contribution in [-0.2, 0) is 13.1 Å². The summed E-state index contributed by atoms with van der Waals surface area (Å²) >= 11 is 0. The molecule has 0 bridgehead atoms. The quantitative estimate of drug-likeness (QED) is 0.821. The van der Waals surface area contributed by atoms with Gasteiger partial charge in [0, 0.05) is 13.1 Å². The average molecular weight is 274 g/mol. The third kappa shape index (κ3) is 6.59. The molecule has 0 aromatic heterocycles. The third-order valence-electron chi connectivity index (χ3n) is 2.83. The van der Waals surface area contributed by atoms with Crippen LogP contribution in [0.1, 0.15) is 25.0 Å². The van der Waals surface area contributed by atoms with E-state index in [1.165, 1.54) is 4.90 Å². The summed E-state index contributed by atoms with van der Waals surface area (Å²) in [5.74, 6) is 0. The molecule has 108 valence electrons. The number of halogens is 3. The van der Waals surface area contributed by atoms with Crippen LogP contribution in [0.3, 0.4) is 0 Å². The highest BCUT2D eigenvalue weighted by Gasteiger charge is 2.29. The summed E-state index contributed by atoms with van der Waals surface area (Å²) in [7, 11) is 0. The topological polar surface area (TPSA) is 15.3 Å². The summed E-state index contributed by atoms with van der Waals surface area (Å²) in [6.07, 6.45) is -4.14. The van der Waals surface area contributed by atoms with E-state index in [9.17, 15) is 13.2 Å². The molecule has 1 aromatic rings. The minimum absolute atomic E-state index is 0.329. The molecule has 0 fully saturated rings. The molecule has 0 unspecified atom stereocenters. The highest BCUT2D eigenvalue weighted by atomic mass is 19.4. The maximum Gasteiger partial charge on any atom is 0.401 e. The highest BCUT2D eigenvalue weighted by Crippen LogP contribution is 2.18. The second-order valence-electron chi connectivity index (χ2n) is 4.52. The van der Waals surface area contributed by atoms with Crippen LogP contribution >= 0.6 is 0 Å². The minimum Gasteiger partial charge on any atom is -0.313 e. The van der Waals surface area contributed by atoms with Crippen molar-refractivity contribution in [1.29, 1.82) is 0 Å². The fraction of sp³-hybridized carbons (Fsp3) is 0.571. The maximum atomic E-state index is 12.4. The molecule has 0 heterocycles. The molecule has 0 radical (unpaired) electrons. The molecule has 0 saturated carbocycles. The Kier molecular flexibility index (Phi) is 6.31. The van der Waals surface area contributed by atoms with Gasteiger partial charge >= 0.3 is 6.18 Å². The molecule has 19 heavy (non-hydrogen) atoms. The smallest absolute Gasteiger partial charge is 0.313 e. The predicted molar refractivity (Wildman–Crippen MR) is 70.8 cm³/mol. The number of nitrogens with zero attached hydrogens (tertiary/aromatic N) is 1. The summed E-state index contributed by atoms with van der Waals surface area (Å²) in [6.45, 7) is 5.24. The molecule has 1 N–H and O–H groups in total. The van der Waals surface area contributed by atoms with Crippen LogP contribution in [0, 0.1) is 0 Å². The molecule has 2 nitrogen and oxygen atoms in total. The van der Waals surface area contributed by atoms with E-state index in [4.69, 9.17) is 0 Å². The van der Waals surface area contributed by atoms with Gasteiger partial charge in [-0.05, 0) is 24.2 Å². The number of benzene rings is 1.